The minimum absolute atomic E-state index is 0.00857. The van der Waals surface area contributed by atoms with Gasteiger partial charge >= 0.3 is 0 Å². The smallest absolute Gasteiger partial charge is 0.295 e. The van der Waals surface area contributed by atoms with E-state index >= 15 is 0 Å². The largest absolute Gasteiger partial charge is 0.507 e. The van der Waals surface area contributed by atoms with Crippen molar-refractivity contribution in [2.24, 2.45) is 0 Å². The van der Waals surface area contributed by atoms with Crippen LogP contribution in [0.25, 0.3) is 5.76 Å². The van der Waals surface area contributed by atoms with Gasteiger partial charge in [-0.3, -0.25) is 14.6 Å². The first kappa shape index (κ1) is 20.5. The molecule has 1 atom stereocenters. The molecular formula is C21H22FN3O4. The third-order valence-corrected chi connectivity index (χ3v) is 4.72. The number of ether oxygens (including phenoxy) is 1. The number of methoxy groups -OCH3 is 1. The van der Waals surface area contributed by atoms with Crippen LogP contribution in [0.1, 0.15) is 17.3 Å². The summed E-state index contributed by atoms with van der Waals surface area (Å²) in [4.78, 5) is 33.1. The minimum Gasteiger partial charge on any atom is -0.507 e. The summed E-state index contributed by atoms with van der Waals surface area (Å²) < 4.78 is 19.0. The minimum atomic E-state index is -0.860. The quantitative estimate of drug-likeness (QED) is 0.456. The van der Waals surface area contributed by atoms with Gasteiger partial charge in [-0.2, -0.15) is 0 Å². The standard InChI is InChI=1S/C21H22FN3O4/c1-24(2)10-11-25-18(15-6-4-5-9-23-15)17(20(27)21(25)28)19(26)13-7-8-16(29-3)14(22)12-13/h4-9,12,18,26H,10-11H2,1-3H3/b19-17+/t18-/m0/s1. The van der Waals surface area contributed by atoms with Crippen LogP contribution >= 0.6 is 0 Å². The van der Waals surface area contributed by atoms with Gasteiger partial charge in [0.05, 0.1) is 18.4 Å². The van der Waals surface area contributed by atoms with E-state index < -0.39 is 29.3 Å². The van der Waals surface area contributed by atoms with E-state index in [2.05, 4.69) is 4.98 Å². The lowest BCUT2D eigenvalue weighted by molar-refractivity contribution is -0.140. The first-order valence-corrected chi connectivity index (χ1v) is 9.03. The number of likely N-dealkylation sites (N-methyl/N-ethyl adjacent to an activating group) is 1. The molecule has 1 aromatic carbocycles. The number of aliphatic hydroxyl groups excluding tert-OH is 1. The zero-order chi connectivity index (χ0) is 21.1. The van der Waals surface area contributed by atoms with Crippen molar-refractivity contribution in [3.05, 3.63) is 65.2 Å². The second kappa shape index (κ2) is 8.40. The highest BCUT2D eigenvalue weighted by Crippen LogP contribution is 2.38. The number of nitrogens with zero attached hydrogens (tertiary/aromatic N) is 3. The number of carbonyl (C=O) groups is 2. The maximum absolute atomic E-state index is 14.1. The van der Waals surface area contributed by atoms with Crippen LogP contribution in [0.4, 0.5) is 4.39 Å². The van der Waals surface area contributed by atoms with Crippen LogP contribution in [0.15, 0.2) is 48.2 Å². The topological polar surface area (TPSA) is 83.0 Å². The molecule has 0 aliphatic carbocycles. The third-order valence-electron chi connectivity index (χ3n) is 4.72. The number of Topliss-reactive ketones (excluding diaryl/α,β-unsaturated/α-hetero) is 1. The number of halogens is 1. The van der Waals surface area contributed by atoms with Gasteiger partial charge in [0.25, 0.3) is 11.7 Å². The Kier molecular flexibility index (Phi) is 5.93. The molecule has 152 valence electrons. The highest BCUT2D eigenvalue weighted by atomic mass is 19.1. The lowest BCUT2D eigenvalue weighted by Crippen LogP contribution is -2.35. The average Bonchev–Trinajstić information content (AvgIpc) is 2.97. The summed E-state index contributed by atoms with van der Waals surface area (Å²) in [6.07, 6.45) is 1.55. The van der Waals surface area contributed by atoms with Gasteiger partial charge < -0.3 is 19.6 Å². The molecule has 7 nitrogen and oxygen atoms in total. The fourth-order valence-electron chi connectivity index (χ4n) is 3.23. The summed E-state index contributed by atoms with van der Waals surface area (Å²) in [7, 11) is 5.04. The van der Waals surface area contributed by atoms with E-state index in [1.807, 2.05) is 19.0 Å². The van der Waals surface area contributed by atoms with Gasteiger partial charge in [0, 0.05) is 24.8 Å². The molecule has 1 N–H and O–H groups in total. The third kappa shape index (κ3) is 3.97. The molecule has 1 amide bonds. The Bertz CT molecular complexity index is 960. The number of rotatable bonds is 6. The van der Waals surface area contributed by atoms with Gasteiger partial charge in [-0.05, 0) is 44.4 Å². The molecule has 0 saturated carbocycles. The zero-order valence-electron chi connectivity index (χ0n) is 16.4. The summed E-state index contributed by atoms with van der Waals surface area (Å²) in [5.41, 5.74) is 0.410. The molecule has 0 spiro atoms. The van der Waals surface area contributed by atoms with E-state index in [4.69, 9.17) is 4.74 Å². The molecule has 3 rings (SSSR count). The Morgan fingerprint density at radius 1 is 1.28 bits per heavy atom. The van der Waals surface area contributed by atoms with E-state index in [0.29, 0.717) is 12.2 Å². The predicted molar refractivity (Wildman–Crippen MR) is 105 cm³/mol. The molecule has 1 aliphatic rings. The SMILES string of the molecule is COc1ccc(/C(O)=C2\C(=O)C(=O)N(CCN(C)C)[C@H]2c2ccccn2)cc1F. The zero-order valence-corrected chi connectivity index (χ0v) is 16.4. The summed E-state index contributed by atoms with van der Waals surface area (Å²) in [6.45, 7) is 0.792. The lowest BCUT2D eigenvalue weighted by atomic mass is 9.98. The predicted octanol–water partition coefficient (Wildman–Crippen LogP) is 2.21. The van der Waals surface area contributed by atoms with Crippen molar-refractivity contribution in [1.29, 1.82) is 0 Å². The monoisotopic (exact) mass is 399 g/mol. The Balaban J connectivity index is 2.13. The van der Waals surface area contributed by atoms with Crippen molar-refractivity contribution in [1.82, 2.24) is 14.8 Å². The van der Waals surface area contributed by atoms with Crippen LogP contribution in [-0.4, -0.2) is 65.9 Å². The van der Waals surface area contributed by atoms with E-state index in [-0.39, 0.29) is 23.4 Å². The van der Waals surface area contributed by atoms with Crippen LogP contribution in [0.2, 0.25) is 0 Å². The molecule has 0 radical (unpaired) electrons. The summed E-state index contributed by atoms with van der Waals surface area (Å²) >= 11 is 0. The number of amides is 1. The number of hydrogen-bond acceptors (Lipinski definition) is 6. The Morgan fingerprint density at radius 2 is 2.03 bits per heavy atom. The van der Waals surface area contributed by atoms with Crippen LogP contribution in [0, 0.1) is 5.82 Å². The Hall–Kier alpha value is -3.26. The maximum atomic E-state index is 14.1. The number of likely N-dealkylation sites (tertiary alicyclic amines) is 1. The van der Waals surface area contributed by atoms with Gasteiger partial charge in [-0.25, -0.2) is 4.39 Å². The van der Waals surface area contributed by atoms with Crippen LogP contribution in [0.5, 0.6) is 5.75 Å². The Morgan fingerprint density at radius 3 is 2.62 bits per heavy atom. The molecule has 1 saturated heterocycles. The Labute approximate surface area is 168 Å². The van der Waals surface area contributed by atoms with Gasteiger partial charge in [0.15, 0.2) is 11.6 Å². The van der Waals surface area contributed by atoms with Crippen molar-refractivity contribution < 1.29 is 23.8 Å². The number of carbonyl (C=O) groups excluding carboxylic acids is 2. The van der Waals surface area contributed by atoms with Crippen molar-refractivity contribution >= 4 is 17.4 Å². The highest BCUT2D eigenvalue weighted by Gasteiger charge is 2.46. The highest BCUT2D eigenvalue weighted by molar-refractivity contribution is 6.46. The molecule has 1 aliphatic heterocycles. The van der Waals surface area contributed by atoms with E-state index in [1.54, 1.807) is 24.4 Å². The molecule has 0 unspecified atom stereocenters. The molecule has 8 heteroatoms. The molecule has 2 aromatic rings. The van der Waals surface area contributed by atoms with E-state index in [0.717, 1.165) is 6.07 Å². The normalized spacial score (nSPS) is 18.5. The van der Waals surface area contributed by atoms with Crippen LogP contribution < -0.4 is 4.74 Å². The van der Waals surface area contributed by atoms with E-state index in [1.165, 1.54) is 24.1 Å². The first-order valence-electron chi connectivity index (χ1n) is 9.03. The van der Waals surface area contributed by atoms with Crippen LogP contribution in [0.3, 0.4) is 0 Å². The first-order chi connectivity index (χ1) is 13.8. The molecule has 29 heavy (non-hydrogen) atoms. The molecule has 2 heterocycles. The fraction of sp³-hybridized carbons (Fsp3) is 0.286. The molecule has 1 aromatic heterocycles. The molecule has 1 fully saturated rings. The number of pyridine rings is 1. The van der Waals surface area contributed by atoms with Crippen molar-refractivity contribution in [3.8, 4) is 5.75 Å². The molecule has 0 bridgehead atoms. The number of aliphatic hydroxyl groups is 1. The lowest BCUT2D eigenvalue weighted by Gasteiger charge is -2.25. The second-order valence-corrected chi connectivity index (χ2v) is 6.90. The summed E-state index contributed by atoms with van der Waals surface area (Å²) in [5, 5.41) is 10.9. The van der Waals surface area contributed by atoms with Crippen molar-refractivity contribution in [3.63, 3.8) is 0 Å². The number of ketones is 1. The average molecular weight is 399 g/mol. The maximum Gasteiger partial charge on any atom is 0.295 e. The number of hydrogen-bond donors (Lipinski definition) is 1. The van der Waals surface area contributed by atoms with Crippen LogP contribution in [-0.2, 0) is 9.59 Å². The fourth-order valence-corrected chi connectivity index (χ4v) is 3.23. The van der Waals surface area contributed by atoms with Crippen molar-refractivity contribution in [2.45, 2.75) is 6.04 Å². The van der Waals surface area contributed by atoms with Gasteiger partial charge in [0.1, 0.15) is 11.8 Å². The summed E-state index contributed by atoms with van der Waals surface area (Å²) in [6, 6.07) is 8.12. The number of aromatic nitrogens is 1. The van der Waals surface area contributed by atoms with Gasteiger partial charge in [-0.1, -0.05) is 6.07 Å². The molecular weight excluding hydrogens is 377 g/mol. The van der Waals surface area contributed by atoms with Gasteiger partial charge in [0.2, 0.25) is 0 Å². The second-order valence-electron chi connectivity index (χ2n) is 6.90. The summed E-state index contributed by atoms with van der Waals surface area (Å²) in [5.74, 6) is -2.68. The number of benzene rings is 1. The van der Waals surface area contributed by atoms with Gasteiger partial charge in [-0.15, -0.1) is 0 Å². The van der Waals surface area contributed by atoms with Crippen molar-refractivity contribution in [2.75, 3.05) is 34.3 Å². The van der Waals surface area contributed by atoms with E-state index in [9.17, 15) is 19.1 Å².